The standard InChI is InChI=1S/C11H19NO/c1-4-10-7-6-9(3)12(8-10)11(13)5-2/h5,9-10H,2,4,6-8H2,1,3H3/t9-,10-/m1/s1. The fourth-order valence-electron chi connectivity index (χ4n) is 1.94. The van der Waals surface area contributed by atoms with Crippen molar-refractivity contribution in [1.82, 2.24) is 4.90 Å². The van der Waals surface area contributed by atoms with Crippen molar-refractivity contribution < 1.29 is 4.79 Å². The third-order valence-electron chi connectivity index (χ3n) is 3.01. The van der Waals surface area contributed by atoms with Crippen LogP contribution in [0.3, 0.4) is 0 Å². The molecule has 0 saturated carbocycles. The van der Waals surface area contributed by atoms with Gasteiger partial charge in [0.1, 0.15) is 0 Å². The summed E-state index contributed by atoms with van der Waals surface area (Å²) in [5.41, 5.74) is 0. The Morgan fingerprint density at radius 2 is 2.31 bits per heavy atom. The van der Waals surface area contributed by atoms with E-state index in [0.29, 0.717) is 12.0 Å². The van der Waals surface area contributed by atoms with E-state index >= 15 is 0 Å². The molecule has 0 aromatic carbocycles. The van der Waals surface area contributed by atoms with Gasteiger partial charge in [-0.15, -0.1) is 0 Å². The van der Waals surface area contributed by atoms with Crippen molar-refractivity contribution in [2.45, 2.75) is 39.2 Å². The lowest BCUT2D eigenvalue weighted by Gasteiger charge is -2.37. The van der Waals surface area contributed by atoms with E-state index in [9.17, 15) is 4.79 Å². The van der Waals surface area contributed by atoms with Gasteiger partial charge in [0.15, 0.2) is 0 Å². The SMILES string of the molecule is C=CC(=O)N1C[C@H](CC)CC[C@H]1C. The van der Waals surface area contributed by atoms with E-state index in [0.717, 1.165) is 13.0 Å². The average Bonchev–Trinajstić information content (AvgIpc) is 2.17. The van der Waals surface area contributed by atoms with Gasteiger partial charge in [0.05, 0.1) is 0 Å². The highest BCUT2D eigenvalue weighted by Crippen LogP contribution is 2.23. The van der Waals surface area contributed by atoms with Crippen LogP contribution in [0.1, 0.15) is 33.1 Å². The van der Waals surface area contributed by atoms with Crippen LogP contribution in [0.25, 0.3) is 0 Å². The Morgan fingerprint density at radius 1 is 1.62 bits per heavy atom. The summed E-state index contributed by atoms with van der Waals surface area (Å²) in [7, 11) is 0. The van der Waals surface area contributed by atoms with Crippen molar-refractivity contribution >= 4 is 5.91 Å². The molecule has 0 unspecified atom stereocenters. The summed E-state index contributed by atoms with van der Waals surface area (Å²) in [6.07, 6.45) is 5.00. The first-order valence-corrected chi connectivity index (χ1v) is 5.12. The molecule has 0 aliphatic carbocycles. The van der Waals surface area contributed by atoms with Crippen LogP contribution in [0.4, 0.5) is 0 Å². The molecule has 13 heavy (non-hydrogen) atoms. The highest BCUT2D eigenvalue weighted by molar-refractivity contribution is 5.87. The van der Waals surface area contributed by atoms with Crippen molar-refractivity contribution in [2.75, 3.05) is 6.54 Å². The van der Waals surface area contributed by atoms with Gasteiger partial charge < -0.3 is 4.90 Å². The van der Waals surface area contributed by atoms with Crippen molar-refractivity contribution in [3.63, 3.8) is 0 Å². The van der Waals surface area contributed by atoms with Crippen molar-refractivity contribution in [1.29, 1.82) is 0 Å². The van der Waals surface area contributed by atoms with Gasteiger partial charge >= 0.3 is 0 Å². The maximum atomic E-state index is 11.4. The molecule has 1 rings (SSSR count). The topological polar surface area (TPSA) is 20.3 Å². The van der Waals surface area contributed by atoms with Crippen LogP contribution in [0.5, 0.6) is 0 Å². The summed E-state index contributed by atoms with van der Waals surface area (Å²) < 4.78 is 0. The number of nitrogens with zero attached hydrogens (tertiary/aromatic N) is 1. The zero-order valence-electron chi connectivity index (χ0n) is 8.62. The molecular formula is C11H19NO. The molecule has 1 aliphatic heterocycles. The van der Waals surface area contributed by atoms with E-state index in [-0.39, 0.29) is 5.91 Å². The highest BCUT2D eigenvalue weighted by atomic mass is 16.2. The molecule has 1 heterocycles. The second kappa shape index (κ2) is 4.45. The Morgan fingerprint density at radius 3 is 2.85 bits per heavy atom. The van der Waals surface area contributed by atoms with Gasteiger partial charge in [-0.25, -0.2) is 0 Å². The van der Waals surface area contributed by atoms with E-state index in [4.69, 9.17) is 0 Å². The lowest BCUT2D eigenvalue weighted by Crippen LogP contribution is -2.44. The zero-order chi connectivity index (χ0) is 9.84. The number of amides is 1. The van der Waals surface area contributed by atoms with Crippen LogP contribution in [-0.4, -0.2) is 23.4 Å². The summed E-state index contributed by atoms with van der Waals surface area (Å²) in [4.78, 5) is 13.4. The average molecular weight is 181 g/mol. The van der Waals surface area contributed by atoms with E-state index in [1.54, 1.807) is 0 Å². The third-order valence-corrected chi connectivity index (χ3v) is 3.01. The third kappa shape index (κ3) is 2.33. The Labute approximate surface area is 80.6 Å². The molecule has 2 atom stereocenters. The first-order valence-electron chi connectivity index (χ1n) is 5.12. The summed E-state index contributed by atoms with van der Waals surface area (Å²) in [5, 5.41) is 0. The second-order valence-corrected chi connectivity index (χ2v) is 3.90. The molecule has 2 heteroatoms. The molecule has 0 N–H and O–H groups in total. The maximum absolute atomic E-state index is 11.4. The van der Waals surface area contributed by atoms with Gasteiger partial charge in [-0.05, 0) is 31.8 Å². The molecule has 1 saturated heterocycles. The predicted molar refractivity (Wildman–Crippen MR) is 54.4 cm³/mol. The molecule has 74 valence electrons. The minimum atomic E-state index is 0.0886. The number of rotatable bonds is 2. The largest absolute Gasteiger partial charge is 0.336 e. The highest BCUT2D eigenvalue weighted by Gasteiger charge is 2.26. The van der Waals surface area contributed by atoms with E-state index in [1.165, 1.54) is 18.9 Å². The number of piperidine rings is 1. The molecule has 2 nitrogen and oxygen atoms in total. The van der Waals surface area contributed by atoms with Crippen LogP contribution in [0.15, 0.2) is 12.7 Å². The molecule has 0 bridgehead atoms. The van der Waals surface area contributed by atoms with Gasteiger partial charge in [-0.2, -0.15) is 0 Å². The minimum Gasteiger partial charge on any atom is -0.336 e. The molecule has 1 fully saturated rings. The van der Waals surface area contributed by atoms with Crippen molar-refractivity contribution in [3.8, 4) is 0 Å². The molecule has 1 aliphatic rings. The molecule has 0 radical (unpaired) electrons. The van der Waals surface area contributed by atoms with Gasteiger partial charge in [0.25, 0.3) is 0 Å². The smallest absolute Gasteiger partial charge is 0.246 e. The normalized spacial score (nSPS) is 28.6. The van der Waals surface area contributed by atoms with Crippen molar-refractivity contribution in [2.24, 2.45) is 5.92 Å². The van der Waals surface area contributed by atoms with Crippen LogP contribution >= 0.6 is 0 Å². The Hall–Kier alpha value is -0.790. The molecular weight excluding hydrogens is 162 g/mol. The Bertz CT molecular complexity index is 200. The molecule has 1 amide bonds. The number of hydrogen-bond donors (Lipinski definition) is 0. The van der Waals surface area contributed by atoms with Gasteiger partial charge in [0.2, 0.25) is 5.91 Å². The summed E-state index contributed by atoms with van der Waals surface area (Å²) in [6, 6.07) is 0.397. The van der Waals surface area contributed by atoms with Crippen molar-refractivity contribution in [3.05, 3.63) is 12.7 Å². The number of likely N-dealkylation sites (tertiary alicyclic amines) is 1. The second-order valence-electron chi connectivity index (χ2n) is 3.90. The van der Waals surface area contributed by atoms with Gasteiger partial charge in [-0.3, -0.25) is 4.79 Å². The Balaban J connectivity index is 2.59. The van der Waals surface area contributed by atoms with E-state index in [2.05, 4.69) is 20.4 Å². The van der Waals surface area contributed by atoms with E-state index in [1.807, 2.05) is 4.90 Å². The molecule has 0 spiro atoms. The maximum Gasteiger partial charge on any atom is 0.246 e. The monoisotopic (exact) mass is 181 g/mol. The van der Waals surface area contributed by atoms with E-state index < -0.39 is 0 Å². The quantitative estimate of drug-likeness (QED) is 0.598. The fourth-order valence-corrected chi connectivity index (χ4v) is 1.94. The molecule has 0 aromatic rings. The lowest BCUT2D eigenvalue weighted by atomic mass is 9.91. The summed E-state index contributed by atoms with van der Waals surface area (Å²) in [6.45, 7) is 8.76. The lowest BCUT2D eigenvalue weighted by molar-refractivity contribution is -0.130. The summed E-state index contributed by atoms with van der Waals surface area (Å²) >= 11 is 0. The minimum absolute atomic E-state index is 0.0886. The number of carbonyl (C=O) groups is 1. The van der Waals surface area contributed by atoms with Crippen LogP contribution in [0, 0.1) is 5.92 Å². The predicted octanol–water partition coefficient (Wildman–Crippen LogP) is 2.21. The first-order chi connectivity index (χ1) is 6.19. The van der Waals surface area contributed by atoms with Crippen LogP contribution < -0.4 is 0 Å². The van der Waals surface area contributed by atoms with Crippen LogP contribution in [0.2, 0.25) is 0 Å². The summed E-state index contributed by atoms with van der Waals surface area (Å²) in [5.74, 6) is 0.783. The molecule has 0 aromatic heterocycles. The van der Waals surface area contributed by atoms with Crippen LogP contribution in [-0.2, 0) is 4.79 Å². The Kier molecular flexibility index (Phi) is 3.52. The zero-order valence-corrected chi connectivity index (χ0v) is 8.62. The first kappa shape index (κ1) is 10.3. The number of hydrogen-bond acceptors (Lipinski definition) is 1. The fraction of sp³-hybridized carbons (Fsp3) is 0.727. The van der Waals surface area contributed by atoms with Gasteiger partial charge in [-0.1, -0.05) is 19.9 Å². The van der Waals surface area contributed by atoms with Gasteiger partial charge in [0, 0.05) is 12.6 Å². The number of carbonyl (C=O) groups excluding carboxylic acids is 1.